The van der Waals surface area contributed by atoms with Crippen molar-refractivity contribution in [2.75, 3.05) is 47.4 Å². The molecule has 0 aromatic heterocycles. The Morgan fingerprint density at radius 2 is 1.52 bits per heavy atom. The number of benzene rings is 1. The number of hydrogen-bond donors (Lipinski definition) is 1. The number of unbranched alkanes of at least 4 members (excludes halogenated alkanes) is 7. The minimum Gasteiger partial charge on any atom is -0.497 e. The lowest BCUT2D eigenvalue weighted by Crippen LogP contribution is -2.46. The Bertz CT molecular complexity index is 629. The molecule has 1 aromatic carbocycles. The molecule has 0 aliphatic heterocycles. The van der Waals surface area contributed by atoms with Gasteiger partial charge in [-0.2, -0.15) is 0 Å². The molecule has 6 nitrogen and oxygen atoms in total. The van der Waals surface area contributed by atoms with Gasteiger partial charge in [-0.1, -0.05) is 51.9 Å². The highest BCUT2D eigenvalue weighted by atomic mass is 16.5. The van der Waals surface area contributed by atoms with Crippen LogP contribution in [0, 0.1) is 0 Å². The molecular weight excluding hydrogens is 392 g/mol. The molecule has 0 heterocycles. The second-order valence-corrected chi connectivity index (χ2v) is 8.85. The number of quaternary nitrogens is 1. The third kappa shape index (κ3) is 13.0. The smallest absolute Gasteiger partial charge is 0.361 e. The largest absolute Gasteiger partial charge is 0.497 e. The van der Waals surface area contributed by atoms with Crippen LogP contribution in [0.3, 0.4) is 0 Å². The Balaban J connectivity index is 2.11. The van der Waals surface area contributed by atoms with E-state index in [0.29, 0.717) is 29.7 Å². The van der Waals surface area contributed by atoms with E-state index in [2.05, 4.69) is 12.2 Å². The summed E-state index contributed by atoms with van der Waals surface area (Å²) in [6.45, 7) is 4.46. The van der Waals surface area contributed by atoms with Crippen LogP contribution >= 0.6 is 0 Å². The van der Waals surface area contributed by atoms with Gasteiger partial charge in [-0.15, -0.1) is 0 Å². The maximum atomic E-state index is 12.2. The number of esters is 1. The first-order valence-electron chi connectivity index (χ1n) is 11.8. The molecule has 0 unspecified atom stereocenters. The molecule has 1 rings (SSSR count). The molecule has 0 aliphatic carbocycles. The molecule has 0 saturated heterocycles. The number of likely N-dealkylation sites (N-methyl/N-ethyl adjacent to an activating group) is 1. The quantitative estimate of drug-likeness (QED) is 0.221. The Kier molecular flexibility index (Phi) is 13.6. The van der Waals surface area contributed by atoms with Crippen LogP contribution in [0.1, 0.15) is 75.1 Å². The lowest BCUT2D eigenvalue weighted by atomic mass is 10.1. The molecule has 1 aromatic rings. The fourth-order valence-corrected chi connectivity index (χ4v) is 3.45. The molecule has 6 heteroatoms. The topological polar surface area (TPSA) is 64.6 Å². The van der Waals surface area contributed by atoms with E-state index in [4.69, 9.17) is 9.47 Å². The molecule has 1 amide bonds. The van der Waals surface area contributed by atoms with Crippen LogP contribution in [0.15, 0.2) is 24.3 Å². The van der Waals surface area contributed by atoms with E-state index in [-0.39, 0.29) is 11.9 Å². The molecule has 176 valence electrons. The van der Waals surface area contributed by atoms with Gasteiger partial charge in [-0.3, -0.25) is 4.79 Å². The molecule has 0 radical (unpaired) electrons. The zero-order chi connectivity index (χ0) is 23.0. The normalized spacial score (nSPS) is 11.2. The van der Waals surface area contributed by atoms with Crippen molar-refractivity contribution < 1.29 is 23.5 Å². The summed E-state index contributed by atoms with van der Waals surface area (Å²) in [5, 5.41) is 2.93. The number of methoxy groups -OCH3 is 1. The van der Waals surface area contributed by atoms with Crippen molar-refractivity contribution in [2.24, 2.45) is 0 Å². The van der Waals surface area contributed by atoms with Gasteiger partial charge < -0.3 is 19.3 Å². The lowest BCUT2D eigenvalue weighted by Gasteiger charge is -2.28. The zero-order valence-electron chi connectivity index (χ0n) is 20.1. The third-order valence-corrected chi connectivity index (χ3v) is 5.40. The van der Waals surface area contributed by atoms with Gasteiger partial charge in [-0.05, 0) is 30.7 Å². The number of nitrogens with one attached hydrogen (secondary N) is 1. The molecule has 31 heavy (non-hydrogen) atoms. The van der Waals surface area contributed by atoms with Gasteiger partial charge in [-0.25, -0.2) is 4.79 Å². The minimum absolute atomic E-state index is 0.0993. The molecule has 1 N–H and O–H groups in total. The fraction of sp³-hybridized carbons (Fsp3) is 0.680. The average Bonchev–Trinajstić information content (AvgIpc) is 2.75. The van der Waals surface area contributed by atoms with E-state index in [9.17, 15) is 9.59 Å². The van der Waals surface area contributed by atoms with E-state index >= 15 is 0 Å². The lowest BCUT2D eigenvalue weighted by molar-refractivity contribution is -0.883. The SMILES string of the molecule is CCCCCCCCCCOC(=O)C[N+](C)(C)CCCNC(=O)c1ccc(OC)cc1. The molecule has 0 atom stereocenters. The van der Waals surface area contributed by atoms with Crippen LogP contribution in [-0.4, -0.2) is 63.8 Å². The van der Waals surface area contributed by atoms with Gasteiger partial charge in [0.15, 0.2) is 6.54 Å². The van der Waals surface area contributed by atoms with E-state index < -0.39 is 0 Å². The van der Waals surface area contributed by atoms with E-state index in [1.165, 1.54) is 38.5 Å². The van der Waals surface area contributed by atoms with Gasteiger partial charge in [0, 0.05) is 18.5 Å². The first-order valence-corrected chi connectivity index (χ1v) is 11.8. The maximum absolute atomic E-state index is 12.2. The molecule has 0 saturated carbocycles. The first-order chi connectivity index (χ1) is 14.9. The van der Waals surface area contributed by atoms with Crippen LogP contribution in [0.5, 0.6) is 5.75 Å². The summed E-state index contributed by atoms with van der Waals surface area (Å²) in [4.78, 5) is 24.3. The molecule has 0 bridgehead atoms. The van der Waals surface area contributed by atoms with Crippen LogP contribution in [-0.2, 0) is 9.53 Å². The monoisotopic (exact) mass is 435 g/mol. The van der Waals surface area contributed by atoms with Crippen molar-refractivity contribution in [3.63, 3.8) is 0 Å². The summed E-state index contributed by atoms with van der Waals surface area (Å²) in [6.07, 6.45) is 10.7. The summed E-state index contributed by atoms with van der Waals surface area (Å²) in [7, 11) is 5.63. The Morgan fingerprint density at radius 1 is 0.903 bits per heavy atom. The van der Waals surface area contributed by atoms with Gasteiger partial charge in [0.2, 0.25) is 0 Å². The van der Waals surface area contributed by atoms with E-state index in [1.54, 1.807) is 31.4 Å². The number of carbonyl (C=O) groups is 2. The highest BCUT2D eigenvalue weighted by molar-refractivity contribution is 5.94. The van der Waals surface area contributed by atoms with Crippen LogP contribution in [0.4, 0.5) is 0 Å². The van der Waals surface area contributed by atoms with Crippen LogP contribution in [0.25, 0.3) is 0 Å². The van der Waals surface area contributed by atoms with Gasteiger partial charge in [0.25, 0.3) is 5.91 Å². The predicted molar refractivity (Wildman–Crippen MR) is 125 cm³/mol. The standard InChI is InChI=1S/C25H42N2O4/c1-5-6-7-8-9-10-11-12-20-31-24(28)21-27(2,3)19-13-18-26-25(29)22-14-16-23(30-4)17-15-22/h14-17H,5-13,18-21H2,1-4H3/p+1. The second kappa shape index (κ2) is 15.7. The Hall–Kier alpha value is -2.08. The molecule has 0 aliphatic rings. The van der Waals surface area contributed by atoms with Crippen molar-refractivity contribution in [3.8, 4) is 5.75 Å². The Labute approximate surface area is 188 Å². The summed E-state index contributed by atoms with van der Waals surface area (Å²) in [5.74, 6) is 0.484. The van der Waals surface area contributed by atoms with Crippen molar-refractivity contribution in [3.05, 3.63) is 29.8 Å². The molecular formula is C25H43N2O4+. The predicted octanol–water partition coefficient (Wildman–Crippen LogP) is 4.58. The van der Waals surface area contributed by atoms with E-state index in [0.717, 1.165) is 31.6 Å². The van der Waals surface area contributed by atoms with Crippen molar-refractivity contribution in [1.82, 2.24) is 5.32 Å². The highest BCUT2D eigenvalue weighted by Gasteiger charge is 2.20. The van der Waals surface area contributed by atoms with Crippen molar-refractivity contribution in [2.45, 2.75) is 64.7 Å². The highest BCUT2D eigenvalue weighted by Crippen LogP contribution is 2.11. The summed E-state index contributed by atoms with van der Waals surface area (Å²) >= 11 is 0. The minimum atomic E-state index is -0.143. The zero-order valence-corrected chi connectivity index (χ0v) is 20.1. The number of amides is 1. The summed E-state index contributed by atoms with van der Waals surface area (Å²) in [5.41, 5.74) is 0.610. The Morgan fingerprint density at radius 3 is 2.13 bits per heavy atom. The van der Waals surface area contributed by atoms with Crippen LogP contribution < -0.4 is 10.1 Å². The van der Waals surface area contributed by atoms with Gasteiger partial charge >= 0.3 is 5.97 Å². The van der Waals surface area contributed by atoms with Gasteiger partial charge in [0.1, 0.15) is 5.75 Å². The fourth-order valence-electron chi connectivity index (χ4n) is 3.45. The maximum Gasteiger partial charge on any atom is 0.361 e. The third-order valence-electron chi connectivity index (χ3n) is 5.40. The van der Waals surface area contributed by atoms with Crippen molar-refractivity contribution in [1.29, 1.82) is 0 Å². The number of hydrogen-bond acceptors (Lipinski definition) is 4. The number of carbonyl (C=O) groups excluding carboxylic acids is 2. The number of ether oxygens (including phenoxy) is 2. The average molecular weight is 436 g/mol. The van der Waals surface area contributed by atoms with Crippen molar-refractivity contribution >= 4 is 11.9 Å². The van der Waals surface area contributed by atoms with Crippen LogP contribution in [0.2, 0.25) is 0 Å². The molecule has 0 fully saturated rings. The summed E-state index contributed by atoms with van der Waals surface area (Å²) in [6, 6.07) is 7.04. The second-order valence-electron chi connectivity index (χ2n) is 8.85. The number of nitrogens with zero attached hydrogens (tertiary/aromatic N) is 1. The van der Waals surface area contributed by atoms with E-state index in [1.807, 2.05) is 14.1 Å². The molecule has 0 spiro atoms. The summed E-state index contributed by atoms with van der Waals surface area (Å²) < 4.78 is 11.1. The first kappa shape index (κ1) is 27.0. The number of rotatable bonds is 17. The van der Waals surface area contributed by atoms with Gasteiger partial charge in [0.05, 0.1) is 34.4 Å².